The first-order chi connectivity index (χ1) is 27.2. The summed E-state index contributed by atoms with van der Waals surface area (Å²) in [5.74, 6) is 1.29. The van der Waals surface area contributed by atoms with Crippen LogP contribution >= 0.6 is 23.2 Å². The normalized spacial score (nSPS) is 13.7. The predicted molar refractivity (Wildman–Crippen MR) is 231 cm³/mol. The summed E-state index contributed by atoms with van der Waals surface area (Å²) in [7, 11) is 5.82. The monoisotopic (exact) mass is 802 g/mol. The number of fused-ring (bicyclic) bond motifs is 1. The van der Waals surface area contributed by atoms with Crippen molar-refractivity contribution in [3.63, 3.8) is 0 Å². The van der Waals surface area contributed by atoms with Gasteiger partial charge < -0.3 is 24.7 Å². The number of imidazole rings is 1. The minimum atomic E-state index is -0.267. The highest BCUT2D eigenvalue weighted by molar-refractivity contribution is 6.34. The molecule has 1 fully saturated rings. The van der Waals surface area contributed by atoms with Crippen LogP contribution < -0.4 is 15.4 Å². The molecule has 4 heterocycles. The average Bonchev–Trinajstić information content (AvgIpc) is 3.51. The minimum Gasteiger partial charge on any atom is -0.473 e. The highest BCUT2D eigenvalue weighted by Gasteiger charge is 2.18. The molecule has 9 nitrogen and oxygen atoms in total. The molecule has 0 unspecified atom stereocenters. The maximum Gasteiger partial charge on any atom is 0.214 e. The van der Waals surface area contributed by atoms with E-state index in [0.29, 0.717) is 22.0 Å². The van der Waals surface area contributed by atoms with Crippen LogP contribution in [0.4, 0.5) is 15.8 Å². The zero-order valence-corrected chi connectivity index (χ0v) is 34.7. The summed E-state index contributed by atoms with van der Waals surface area (Å²) in [6.07, 6.45) is 9.76. The van der Waals surface area contributed by atoms with Crippen LogP contribution in [0.1, 0.15) is 66.1 Å². The van der Waals surface area contributed by atoms with E-state index in [9.17, 15) is 9.18 Å². The molecule has 0 aliphatic carbocycles. The van der Waals surface area contributed by atoms with Crippen molar-refractivity contribution >= 4 is 63.0 Å². The number of hydrogen-bond donors (Lipinski definition) is 2. The van der Waals surface area contributed by atoms with Crippen LogP contribution in [0.15, 0.2) is 84.9 Å². The number of hydrogen-bond acceptors (Lipinski definition) is 8. The van der Waals surface area contributed by atoms with Crippen LogP contribution in [-0.4, -0.2) is 72.5 Å². The molecule has 2 aliphatic heterocycles. The molecule has 1 saturated heterocycles. The maximum absolute atomic E-state index is 13.9. The summed E-state index contributed by atoms with van der Waals surface area (Å²) in [6, 6.07) is 22.2. The number of rotatable bonds is 11. The number of aldehydes is 1. The Hall–Kier alpha value is -4.74. The van der Waals surface area contributed by atoms with Crippen molar-refractivity contribution in [1.29, 1.82) is 0 Å². The fourth-order valence-corrected chi connectivity index (χ4v) is 6.42. The van der Waals surface area contributed by atoms with Gasteiger partial charge in [0.05, 0.1) is 34.0 Å². The number of pyridine rings is 1. The summed E-state index contributed by atoms with van der Waals surface area (Å²) < 4.78 is 26.5. The second-order valence-electron chi connectivity index (χ2n) is 13.1. The molecular weight excluding hydrogens is 750 g/mol. The molecule has 0 saturated carbocycles. The number of carbonyl (C=O) groups is 1. The molecule has 3 aromatic carbocycles. The molecule has 0 amide bonds. The van der Waals surface area contributed by atoms with Crippen LogP contribution in [0.25, 0.3) is 22.2 Å². The molecule has 2 N–H and O–H groups in total. The first-order valence-electron chi connectivity index (χ1n) is 18.7. The molecule has 0 bridgehead atoms. The Balaban J connectivity index is 0.000000262. The molecule has 2 aliphatic rings. The number of aromatic nitrogens is 3. The first-order valence-corrected chi connectivity index (χ1v) is 19.8. The Morgan fingerprint density at radius 2 is 1.77 bits per heavy atom. The van der Waals surface area contributed by atoms with E-state index >= 15 is 0 Å². The number of nitrogens with one attached hydrogen (secondary N) is 2. The number of anilines is 2. The number of ether oxygens (including phenoxy) is 2. The highest BCUT2D eigenvalue weighted by Crippen LogP contribution is 2.32. The van der Waals surface area contributed by atoms with E-state index in [4.69, 9.17) is 26.1 Å². The van der Waals surface area contributed by atoms with Gasteiger partial charge in [-0.2, -0.15) is 0 Å². The van der Waals surface area contributed by atoms with Gasteiger partial charge in [0.15, 0.2) is 0 Å². The van der Waals surface area contributed by atoms with Gasteiger partial charge >= 0.3 is 0 Å². The second kappa shape index (κ2) is 22.7. The molecule has 2 aromatic heterocycles. The van der Waals surface area contributed by atoms with Gasteiger partial charge in [0.2, 0.25) is 5.88 Å². The van der Waals surface area contributed by atoms with Crippen molar-refractivity contribution in [2.45, 2.75) is 46.3 Å². The molecule has 12 heteroatoms. The predicted octanol–water partition coefficient (Wildman–Crippen LogP) is 10.3. The Labute approximate surface area is 340 Å². The van der Waals surface area contributed by atoms with Gasteiger partial charge in [-0.3, -0.25) is 9.69 Å². The van der Waals surface area contributed by atoms with Crippen molar-refractivity contribution < 1.29 is 18.7 Å². The van der Waals surface area contributed by atoms with Gasteiger partial charge in [0, 0.05) is 82.3 Å². The lowest BCUT2D eigenvalue weighted by atomic mass is 10.0. The van der Waals surface area contributed by atoms with E-state index in [1.165, 1.54) is 24.4 Å². The van der Waals surface area contributed by atoms with E-state index in [-0.39, 0.29) is 12.4 Å². The Kier molecular flexibility index (Phi) is 17.8. The number of alkyl halides is 1. The fraction of sp³-hybridized carbons (Fsp3) is 0.341. The van der Waals surface area contributed by atoms with E-state index < -0.39 is 0 Å². The SMILES string of the molecule is C1COC1.CC/C=C(\C)c1cc(C=O)cc(Cl)c1NC.CCl.CNc1ccc2c(c1)nc(CN1CC=C(c3cccc(OCc4ccccc4F)n3)CC1)n2C. The summed E-state index contributed by atoms with van der Waals surface area (Å²) >= 11 is 10.7. The lowest BCUT2D eigenvalue weighted by molar-refractivity contribution is 0.0367. The maximum atomic E-state index is 13.9. The van der Waals surface area contributed by atoms with Crippen LogP contribution in [-0.2, 0) is 24.9 Å². The van der Waals surface area contributed by atoms with Gasteiger partial charge in [-0.25, -0.2) is 14.4 Å². The number of carbonyl (C=O) groups excluding carboxylic acids is 1. The van der Waals surface area contributed by atoms with Crippen LogP contribution in [0.2, 0.25) is 5.02 Å². The highest BCUT2D eigenvalue weighted by atomic mass is 35.5. The molecular formula is C44H53Cl2FN6O3. The van der Waals surface area contributed by atoms with Crippen molar-refractivity contribution in [2.24, 2.45) is 7.05 Å². The number of aryl methyl sites for hydroxylation is 1. The van der Waals surface area contributed by atoms with Crippen molar-refractivity contribution in [1.82, 2.24) is 19.4 Å². The van der Waals surface area contributed by atoms with E-state index in [1.807, 2.05) is 45.3 Å². The van der Waals surface area contributed by atoms with Crippen LogP contribution in [0, 0.1) is 5.82 Å². The summed E-state index contributed by atoms with van der Waals surface area (Å²) in [4.78, 5) is 22.7. The standard InChI is InChI=1S/C27H28FN5O.C13H16ClNO.C3H6O.CH3Cl/c1-29-21-10-11-25-24(16-21)30-26(32(25)2)17-33-14-12-19(13-15-33)23-8-5-9-27(31-23)34-18-20-6-3-4-7-22(20)28;1-4-5-9(2)11-6-10(8-16)7-12(14)13(11)15-3;1-2-4-3-1;1-2/h3-12,16,29H,13-15,17-18H2,1-2H3;5-8,15H,4H2,1-3H3;1-3H2;1H3/b;9-5+;;. The summed E-state index contributed by atoms with van der Waals surface area (Å²) in [5, 5.41) is 6.81. The van der Waals surface area contributed by atoms with Crippen molar-refractivity contribution in [3.05, 3.63) is 124 Å². The van der Waals surface area contributed by atoms with Crippen molar-refractivity contribution in [3.8, 4) is 5.88 Å². The molecule has 56 heavy (non-hydrogen) atoms. The first kappa shape index (κ1) is 44.0. The number of benzene rings is 3. The second-order valence-corrected chi connectivity index (χ2v) is 13.5. The Bertz CT molecular complexity index is 2090. The van der Waals surface area contributed by atoms with Gasteiger partial charge in [-0.15, -0.1) is 11.6 Å². The Morgan fingerprint density at radius 3 is 2.39 bits per heavy atom. The third-order valence-corrected chi connectivity index (χ3v) is 9.62. The molecule has 298 valence electrons. The smallest absolute Gasteiger partial charge is 0.214 e. The van der Waals surface area contributed by atoms with E-state index in [0.717, 1.165) is 97.0 Å². The average molecular weight is 804 g/mol. The zero-order valence-electron chi connectivity index (χ0n) is 33.2. The lowest BCUT2D eigenvalue weighted by Crippen LogP contribution is -2.29. The molecule has 0 radical (unpaired) electrons. The van der Waals surface area contributed by atoms with Gasteiger partial charge in [-0.1, -0.05) is 54.9 Å². The van der Waals surface area contributed by atoms with Gasteiger partial charge in [0.25, 0.3) is 0 Å². The molecule has 0 spiro atoms. The largest absolute Gasteiger partial charge is 0.473 e. The summed E-state index contributed by atoms with van der Waals surface area (Å²) in [5.41, 5.74) is 9.42. The van der Waals surface area contributed by atoms with Crippen LogP contribution in [0.3, 0.4) is 0 Å². The minimum absolute atomic E-state index is 0.157. The van der Waals surface area contributed by atoms with E-state index in [2.05, 4.69) is 81.0 Å². The van der Waals surface area contributed by atoms with Gasteiger partial charge in [-0.05, 0) is 79.8 Å². The number of halogens is 3. The van der Waals surface area contributed by atoms with E-state index in [1.54, 1.807) is 24.3 Å². The fourth-order valence-electron chi connectivity index (χ4n) is 6.10. The van der Waals surface area contributed by atoms with Gasteiger partial charge in [0.1, 0.15) is 24.5 Å². The third kappa shape index (κ3) is 12.1. The number of allylic oxidation sites excluding steroid dienone is 2. The molecule has 5 aromatic rings. The van der Waals surface area contributed by atoms with Crippen LogP contribution in [0.5, 0.6) is 5.88 Å². The molecule has 0 atom stereocenters. The third-order valence-electron chi connectivity index (χ3n) is 9.32. The molecule has 7 rings (SSSR count). The number of nitrogens with zero attached hydrogens (tertiary/aromatic N) is 4. The summed E-state index contributed by atoms with van der Waals surface area (Å²) in [6.45, 7) is 8.81. The Morgan fingerprint density at radius 1 is 1.02 bits per heavy atom. The lowest BCUT2D eigenvalue weighted by Gasteiger charge is -2.25. The topological polar surface area (TPSA) is 93.5 Å². The quantitative estimate of drug-likeness (QED) is 0.101. The van der Waals surface area contributed by atoms with Crippen molar-refractivity contribution in [2.75, 3.05) is 57.4 Å². The zero-order chi connectivity index (χ0) is 40.5.